The molecule has 3 fully saturated rings. The Balaban J connectivity index is 0.829. The minimum atomic E-state index is -0.719. The van der Waals surface area contributed by atoms with E-state index in [0.717, 1.165) is 74.7 Å². The third-order valence-corrected chi connectivity index (χ3v) is 12.1. The van der Waals surface area contributed by atoms with Crippen LogP contribution in [0.2, 0.25) is 0 Å². The van der Waals surface area contributed by atoms with Crippen LogP contribution >= 0.6 is 0 Å². The van der Waals surface area contributed by atoms with Gasteiger partial charge in [0.1, 0.15) is 17.7 Å². The summed E-state index contributed by atoms with van der Waals surface area (Å²) in [6.07, 6.45) is 8.05. The van der Waals surface area contributed by atoms with Gasteiger partial charge in [-0.2, -0.15) is 0 Å². The Labute approximate surface area is 355 Å². The molecular weight excluding hydrogens is 796 g/mol. The molecule has 6 aromatic rings. The second kappa shape index (κ2) is 16.3. The van der Waals surface area contributed by atoms with E-state index in [2.05, 4.69) is 51.0 Å². The van der Waals surface area contributed by atoms with Gasteiger partial charge in [0.05, 0.1) is 58.7 Å². The van der Waals surface area contributed by atoms with E-state index in [1.54, 1.807) is 47.5 Å². The number of hydrogen-bond acceptors (Lipinski definition) is 13. The summed E-state index contributed by atoms with van der Waals surface area (Å²) in [5, 5.41) is 11.6. The minimum absolute atomic E-state index is 0.200. The van der Waals surface area contributed by atoms with Gasteiger partial charge in [-0.05, 0) is 60.6 Å². The highest BCUT2D eigenvalue weighted by molar-refractivity contribution is 6.01. The Morgan fingerprint density at radius 2 is 1.68 bits per heavy atom. The van der Waals surface area contributed by atoms with E-state index in [-0.39, 0.29) is 35.2 Å². The van der Waals surface area contributed by atoms with Crippen molar-refractivity contribution in [2.45, 2.75) is 38.3 Å². The first-order valence-electron chi connectivity index (χ1n) is 20.4. The van der Waals surface area contributed by atoms with Crippen molar-refractivity contribution in [1.82, 2.24) is 44.6 Å². The highest BCUT2D eigenvalue weighted by Gasteiger charge is 2.45. The molecule has 0 radical (unpaired) electrons. The number of aryl methyl sites for hydroxylation is 1. The monoisotopic (exact) mass is 840 g/mol. The summed E-state index contributed by atoms with van der Waals surface area (Å²) in [7, 11) is 4.80. The van der Waals surface area contributed by atoms with Crippen LogP contribution < -0.4 is 36.6 Å². The lowest BCUT2D eigenvalue weighted by molar-refractivity contribution is -0.135. The number of anilines is 5. The molecule has 7 heterocycles. The molecule has 3 saturated heterocycles. The molecule has 318 valence electrons. The average molecular weight is 841 g/mol. The van der Waals surface area contributed by atoms with Crippen molar-refractivity contribution in [2.75, 3.05) is 55.9 Å². The van der Waals surface area contributed by atoms with Crippen molar-refractivity contribution < 1.29 is 23.5 Å². The Morgan fingerprint density at radius 1 is 0.919 bits per heavy atom. The first kappa shape index (κ1) is 40.2. The number of hydrogen-bond donors (Lipinski definition) is 4. The summed E-state index contributed by atoms with van der Waals surface area (Å²) < 4.78 is 22.4. The van der Waals surface area contributed by atoms with Crippen molar-refractivity contribution in [1.29, 1.82) is 0 Å². The smallest absolute Gasteiger partial charge is 0.329 e. The van der Waals surface area contributed by atoms with E-state index in [9.17, 15) is 23.6 Å². The van der Waals surface area contributed by atoms with Crippen molar-refractivity contribution in [3.8, 4) is 17.1 Å². The number of carbonyl (C=O) groups is 3. The number of rotatable bonds is 11. The molecule has 3 aliphatic rings. The predicted molar refractivity (Wildman–Crippen MR) is 230 cm³/mol. The quantitative estimate of drug-likeness (QED) is 0.132. The number of carbonyl (C=O) groups excluding carboxylic acids is 3. The average Bonchev–Trinajstić information content (AvgIpc) is 3.52. The number of pyridine rings is 2. The first-order valence-corrected chi connectivity index (χ1v) is 20.4. The third kappa shape index (κ3) is 7.57. The maximum atomic E-state index is 13.6. The Hall–Kier alpha value is -7.21. The number of piperidine rings is 2. The van der Waals surface area contributed by atoms with Gasteiger partial charge in [-0.15, -0.1) is 0 Å². The van der Waals surface area contributed by atoms with Gasteiger partial charge in [0.2, 0.25) is 11.8 Å². The molecular formula is C44H45FN12O5. The van der Waals surface area contributed by atoms with Crippen LogP contribution in [-0.4, -0.2) is 92.0 Å². The molecule has 0 aliphatic carbocycles. The molecule has 62 heavy (non-hydrogen) atoms. The maximum absolute atomic E-state index is 13.6. The highest BCUT2D eigenvalue weighted by Crippen LogP contribution is 2.43. The summed E-state index contributed by atoms with van der Waals surface area (Å²) in [5.74, 6) is 0.0926. The summed E-state index contributed by atoms with van der Waals surface area (Å²) in [6, 6.07) is 16.1. The van der Waals surface area contributed by atoms with Crippen LogP contribution in [0, 0.1) is 11.2 Å². The second-order valence-corrected chi connectivity index (χ2v) is 16.1. The highest BCUT2D eigenvalue weighted by atomic mass is 19.1. The number of ether oxygens (including phenoxy) is 1. The van der Waals surface area contributed by atoms with Gasteiger partial charge in [-0.1, -0.05) is 18.2 Å². The minimum Gasteiger partial charge on any atom is -0.494 e. The molecule has 4 N–H and O–H groups in total. The molecule has 3 amide bonds. The summed E-state index contributed by atoms with van der Waals surface area (Å²) in [4.78, 5) is 73.0. The molecule has 0 bridgehead atoms. The number of halogens is 1. The van der Waals surface area contributed by atoms with Gasteiger partial charge in [0.15, 0.2) is 17.4 Å². The number of amides is 3. The fourth-order valence-corrected chi connectivity index (χ4v) is 9.01. The van der Waals surface area contributed by atoms with Gasteiger partial charge < -0.3 is 25.6 Å². The Morgan fingerprint density at radius 3 is 2.39 bits per heavy atom. The Kier molecular flexibility index (Phi) is 10.6. The van der Waals surface area contributed by atoms with E-state index < -0.39 is 17.8 Å². The number of imidazole rings is 1. The molecule has 18 heteroatoms. The molecule has 1 atom stereocenters. The molecule has 3 aliphatic heterocycles. The van der Waals surface area contributed by atoms with E-state index in [1.807, 2.05) is 36.5 Å². The number of likely N-dealkylation sites (tertiary alicyclic amines) is 1. The fourth-order valence-electron chi connectivity index (χ4n) is 9.01. The van der Waals surface area contributed by atoms with Gasteiger partial charge in [-0.25, -0.2) is 29.1 Å². The van der Waals surface area contributed by atoms with Crippen LogP contribution in [-0.2, 0) is 23.2 Å². The summed E-state index contributed by atoms with van der Waals surface area (Å²) in [5.41, 5.74) is 5.35. The lowest BCUT2D eigenvalue weighted by Crippen LogP contribution is -2.59. The number of imide groups is 1. The van der Waals surface area contributed by atoms with Gasteiger partial charge >= 0.3 is 5.69 Å². The zero-order chi connectivity index (χ0) is 43.1. The van der Waals surface area contributed by atoms with E-state index in [0.29, 0.717) is 51.8 Å². The molecule has 1 spiro atoms. The lowest BCUT2D eigenvalue weighted by atomic mass is 9.72. The number of methoxy groups -OCH3 is 1. The van der Waals surface area contributed by atoms with Crippen molar-refractivity contribution >= 4 is 57.5 Å². The summed E-state index contributed by atoms with van der Waals surface area (Å²) in [6.45, 7) is 4.44. The van der Waals surface area contributed by atoms with Crippen molar-refractivity contribution in [2.24, 2.45) is 12.5 Å². The van der Waals surface area contributed by atoms with Gasteiger partial charge in [-0.3, -0.25) is 33.7 Å². The van der Waals surface area contributed by atoms with Crippen LogP contribution in [0.4, 0.5) is 33.1 Å². The number of nitrogens with zero attached hydrogens (tertiary/aromatic N) is 8. The van der Waals surface area contributed by atoms with Crippen LogP contribution in [0.3, 0.4) is 0 Å². The van der Waals surface area contributed by atoms with E-state index in [4.69, 9.17) is 4.74 Å². The number of fused-ring (bicyclic) bond motifs is 1. The van der Waals surface area contributed by atoms with Crippen LogP contribution in [0.25, 0.3) is 22.4 Å². The molecule has 2 aromatic carbocycles. The SMILES string of the molecule is CNC(=O)c1cnc(Nc2ccc(CN3CC4(CCN(c5cccc6c5n(C)c(=O)n6C5CCC(=O)NC5=O)CC4)C3)cn2)cc1Nc1cccc(-c2ncc(F)cn2)c1OC. The standard InChI is InChI=1S/C44H45FN12O5/c1-46-41(59)29-22-48-36(18-31(29)51-30-7-4-6-28(39(30)62-3)40-49-20-27(45)21-50-40)52-35-12-10-26(19-47-35)23-55-24-44(25-55)14-16-56(17-15-44)32-8-5-9-33-38(32)54(2)43(61)57(33)34-11-13-37(58)53-42(34)60/h4-10,12,18-22,34H,11,13-17,23-25H2,1-3H3,(H,46,59)(H,53,58,60)(H2,47,48,51,52). The topological polar surface area (TPSA) is 194 Å². The van der Waals surface area contributed by atoms with Gasteiger partial charge in [0, 0.05) is 71.7 Å². The van der Waals surface area contributed by atoms with E-state index >= 15 is 0 Å². The number of para-hydroxylation sites is 2. The Bertz CT molecular complexity index is 2760. The number of benzene rings is 2. The molecule has 4 aromatic heterocycles. The van der Waals surface area contributed by atoms with Crippen LogP contribution in [0.5, 0.6) is 5.75 Å². The zero-order valence-corrected chi connectivity index (χ0v) is 34.4. The lowest BCUT2D eigenvalue weighted by Gasteiger charge is -2.54. The zero-order valence-electron chi connectivity index (χ0n) is 34.4. The molecule has 9 rings (SSSR count). The van der Waals surface area contributed by atoms with Gasteiger partial charge in [0.25, 0.3) is 5.91 Å². The van der Waals surface area contributed by atoms with Crippen molar-refractivity contribution in [3.05, 3.63) is 107 Å². The van der Waals surface area contributed by atoms with E-state index in [1.165, 1.54) is 13.3 Å². The number of aromatic nitrogens is 6. The van der Waals surface area contributed by atoms with Crippen LogP contribution in [0.15, 0.2) is 84.2 Å². The second-order valence-electron chi connectivity index (χ2n) is 16.1. The molecule has 17 nitrogen and oxygen atoms in total. The summed E-state index contributed by atoms with van der Waals surface area (Å²) >= 11 is 0. The van der Waals surface area contributed by atoms with Crippen molar-refractivity contribution in [3.63, 3.8) is 0 Å². The first-order chi connectivity index (χ1) is 30.0. The maximum Gasteiger partial charge on any atom is 0.329 e. The third-order valence-electron chi connectivity index (χ3n) is 12.1. The largest absolute Gasteiger partial charge is 0.494 e. The fraction of sp³-hybridized carbons (Fsp3) is 0.318. The molecule has 1 unspecified atom stereocenters. The number of nitrogens with one attached hydrogen (secondary N) is 4. The van der Waals surface area contributed by atoms with Crippen LogP contribution in [0.1, 0.15) is 47.6 Å². The predicted octanol–water partition coefficient (Wildman–Crippen LogP) is 4.66. The molecule has 0 saturated carbocycles. The normalized spacial score (nSPS) is 17.4.